The van der Waals surface area contributed by atoms with Crippen LogP contribution in [0.4, 0.5) is 14.5 Å². The molecule has 21 heavy (non-hydrogen) atoms. The lowest BCUT2D eigenvalue weighted by Crippen LogP contribution is -2.17. The maximum absolute atomic E-state index is 13.5. The Bertz CT molecular complexity index is 772. The predicted molar refractivity (Wildman–Crippen MR) is 77.3 cm³/mol. The zero-order valence-corrected chi connectivity index (χ0v) is 12.0. The Kier molecular flexibility index (Phi) is 4.14. The summed E-state index contributed by atoms with van der Waals surface area (Å²) >= 11 is 4.69. The van der Waals surface area contributed by atoms with Crippen molar-refractivity contribution < 1.29 is 17.2 Å². The van der Waals surface area contributed by atoms with Crippen molar-refractivity contribution in [3.63, 3.8) is 0 Å². The summed E-state index contributed by atoms with van der Waals surface area (Å²) in [7, 11) is -4.18. The minimum atomic E-state index is -4.18. The van der Waals surface area contributed by atoms with Gasteiger partial charge in [0, 0.05) is 6.20 Å². The Morgan fingerprint density at radius 3 is 2.29 bits per heavy atom. The van der Waals surface area contributed by atoms with Gasteiger partial charge in [-0.2, -0.15) is 0 Å². The van der Waals surface area contributed by atoms with Crippen molar-refractivity contribution in [1.82, 2.24) is 4.98 Å². The first-order valence-corrected chi connectivity index (χ1v) is 7.43. The highest BCUT2D eigenvalue weighted by molar-refractivity contribution is 7.92. The van der Waals surface area contributed by atoms with Crippen LogP contribution < -0.4 is 10.5 Å². The van der Waals surface area contributed by atoms with E-state index in [2.05, 4.69) is 17.2 Å². The lowest BCUT2D eigenvalue weighted by Gasteiger charge is -2.09. The van der Waals surface area contributed by atoms with E-state index < -0.39 is 27.3 Å². The molecule has 1 aromatic heterocycles. The van der Waals surface area contributed by atoms with E-state index in [0.29, 0.717) is 0 Å². The number of anilines is 1. The van der Waals surface area contributed by atoms with Crippen LogP contribution >= 0.6 is 12.2 Å². The molecule has 3 N–H and O–H groups in total. The topological polar surface area (TPSA) is 85.1 Å². The molecule has 0 aliphatic rings. The Morgan fingerprint density at radius 1 is 1.19 bits per heavy atom. The largest absolute Gasteiger partial charge is 0.388 e. The first kappa shape index (κ1) is 15.3. The quantitative estimate of drug-likeness (QED) is 0.836. The van der Waals surface area contributed by atoms with Crippen LogP contribution in [0.1, 0.15) is 5.69 Å². The van der Waals surface area contributed by atoms with Gasteiger partial charge in [-0.05, 0) is 24.3 Å². The summed E-state index contributed by atoms with van der Waals surface area (Å²) in [4.78, 5) is 3.49. The van der Waals surface area contributed by atoms with Crippen molar-refractivity contribution in [3.05, 3.63) is 53.9 Å². The van der Waals surface area contributed by atoms with Crippen LogP contribution in [-0.4, -0.2) is 18.4 Å². The number of sulfonamides is 1. The van der Waals surface area contributed by atoms with E-state index in [1.807, 2.05) is 4.72 Å². The van der Waals surface area contributed by atoms with Crippen LogP contribution in [0.2, 0.25) is 0 Å². The normalized spacial score (nSPS) is 11.1. The first-order valence-electron chi connectivity index (χ1n) is 5.54. The molecule has 0 aliphatic carbocycles. The van der Waals surface area contributed by atoms with Gasteiger partial charge in [0.15, 0.2) is 0 Å². The monoisotopic (exact) mass is 329 g/mol. The van der Waals surface area contributed by atoms with Gasteiger partial charge in [-0.3, -0.25) is 9.71 Å². The van der Waals surface area contributed by atoms with Crippen molar-refractivity contribution in [2.45, 2.75) is 4.90 Å². The lowest BCUT2D eigenvalue weighted by atomic mass is 10.3. The van der Waals surface area contributed by atoms with E-state index in [1.54, 1.807) is 0 Å². The molecule has 2 rings (SSSR count). The number of nitrogens with two attached hydrogens (primary N) is 1. The number of benzene rings is 1. The molecule has 0 spiro atoms. The van der Waals surface area contributed by atoms with E-state index >= 15 is 0 Å². The number of nitrogens with zero attached hydrogens (tertiary/aromatic N) is 1. The molecule has 5 nitrogen and oxygen atoms in total. The van der Waals surface area contributed by atoms with Crippen LogP contribution in [0.5, 0.6) is 0 Å². The van der Waals surface area contributed by atoms with E-state index in [4.69, 9.17) is 5.73 Å². The van der Waals surface area contributed by atoms with Crippen molar-refractivity contribution in [1.29, 1.82) is 0 Å². The Hall–Kier alpha value is -2.13. The van der Waals surface area contributed by atoms with Crippen LogP contribution in [0.25, 0.3) is 0 Å². The third kappa shape index (κ3) is 3.31. The molecule has 9 heteroatoms. The highest BCUT2D eigenvalue weighted by Gasteiger charge is 2.19. The van der Waals surface area contributed by atoms with E-state index in [0.717, 1.165) is 24.4 Å². The van der Waals surface area contributed by atoms with Gasteiger partial charge in [-0.15, -0.1) is 0 Å². The van der Waals surface area contributed by atoms with Gasteiger partial charge < -0.3 is 5.73 Å². The number of halogens is 2. The molecule has 0 radical (unpaired) electrons. The first-order chi connectivity index (χ1) is 9.81. The summed E-state index contributed by atoms with van der Waals surface area (Å²) in [6.07, 6.45) is 0.996. The zero-order chi connectivity index (χ0) is 15.6. The maximum Gasteiger partial charge on any atom is 0.263 e. The molecule has 0 amide bonds. The molecule has 0 atom stereocenters. The van der Waals surface area contributed by atoms with Crippen LogP contribution in [0.3, 0.4) is 0 Å². The summed E-state index contributed by atoms with van der Waals surface area (Å²) in [5, 5.41) is 0. The molecule has 0 unspecified atom stereocenters. The van der Waals surface area contributed by atoms with Crippen molar-refractivity contribution in [2.75, 3.05) is 4.72 Å². The van der Waals surface area contributed by atoms with Gasteiger partial charge in [0.1, 0.15) is 27.2 Å². The van der Waals surface area contributed by atoms with Gasteiger partial charge in [-0.25, -0.2) is 17.2 Å². The van der Waals surface area contributed by atoms with E-state index in [9.17, 15) is 17.2 Å². The highest BCUT2D eigenvalue weighted by atomic mass is 32.2. The van der Waals surface area contributed by atoms with Crippen LogP contribution in [-0.2, 0) is 10.0 Å². The zero-order valence-electron chi connectivity index (χ0n) is 10.4. The number of hydrogen-bond donors (Lipinski definition) is 2. The molecule has 0 saturated carbocycles. The molecule has 1 aromatic carbocycles. The number of aromatic nitrogens is 1. The molecule has 0 aliphatic heterocycles. The van der Waals surface area contributed by atoms with Crippen LogP contribution in [0, 0.1) is 11.6 Å². The smallest absolute Gasteiger partial charge is 0.263 e. The van der Waals surface area contributed by atoms with E-state index in [-0.39, 0.29) is 15.6 Å². The van der Waals surface area contributed by atoms with Gasteiger partial charge in [0.25, 0.3) is 10.0 Å². The molecule has 1 heterocycles. The summed E-state index contributed by atoms with van der Waals surface area (Å²) in [5.41, 5.74) is 4.82. The molecule has 0 fully saturated rings. The third-order valence-electron chi connectivity index (χ3n) is 2.50. The molecule has 0 saturated heterocycles. The van der Waals surface area contributed by atoms with Gasteiger partial charge in [0.05, 0.1) is 5.69 Å². The third-order valence-corrected chi connectivity index (χ3v) is 4.04. The fraction of sp³-hybridized carbons (Fsp3) is 0. The molecule has 2 aromatic rings. The molecular weight excluding hydrogens is 320 g/mol. The summed E-state index contributed by atoms with van der Waals surface area (Å²) < 4.78 is 52.8. The maximum atomic E-state index is 13.5. The number of pyridine rings is 1. The minimum Gasteiger partial charge on any atom is -0.388 e. The summed E-state index contributed by atoms with van der Waals surface area (Å²) in [5.74, 6) is -2.04. The average molecular weight is 329 g/mol. The van der Waals surface area contributed by atoms with Gasteiger partial charge >= 0.3 is 0 Å². The number of rotatable bonds is 4. The Morgan fingerprint density at radius 2 is 1.81 bits per heavy atom. The second kappa shape index (κ2) is 5.70. The fourth-order valence-electron chi connectivity index (χ4n) is 1.47. The number of nitrogens with one attached hydrogen (secondary N) is 1. The SMILES string of the molecule is NC(=S)c1ccc(S(=O)(=O)Nc2c(F)cccc2F)cn1. The van der Waals surface area contributed by atoms with Crippen molar-refractivity contribution in [2.24, 2.45) is 5.73 Å². The van der Waals surface area contributed by atoms with Crippen LogP contribution in [0.15, 0.2) is 41.4 Å². The molecular formula is C12H9F2N3O2S2. The highest BCUT2D eigenvalue weighted by Crippen LogP contribution is 2.22. The predicted octanol–water partition coefficient (Wildman–Crippen LogP) is 1.79. The van der Waals surface area contributed by atoms with Gasteiger partial charge in [-0.1, -0.05) is 18.3 Å². The number of para-hydroxylation sites is 1. The standard InChI is InChI=1S/C12H9F2N3O2S2/c13-8-2-1-3-9(14)11(8)17-21(18,19)7-4-5-10(12(15)20)16-6-7/h1-6,17H,(H2,15,20). The number of thiocarbonyl (C=S) groups is 1. The summed E-state index contributed by atoms with van der Waals surface area (Å²) in [6, 6.07) is 5.49. The fourth-order valence-corrected chi connectivity index (χ4v) is 2.61. The Labute approximate surface area is 124 Å². The number of hydrogen-bond acceptors (Lipinski definition) is 4. The minimum absolute atomic E-state index is 0.00653. The second-order valence-corrected chi connectivity index (χ2v) is 6.07. The van der Waals surface area contributed by atoms with Crippen molar-refractivity contribution in [3.8, 4) is 0 Å². The molecule has 0 bridgehead atoms. The van der Waals surface area contributed by atoms with Gasteiger partial charge in [0.2, 0.25) is 0 Å². The summed E-state index contributed by atoms with van der Waals surface area (Å²) in [6.45, 7) is 0. The molecule has 110 valence electrons. The Balaban J connectivity index is 2.36. The average Bonchev–Trinajstić information content (AvgIpc) is 2.43. The second-order valence-electron chi connectivity index (χ2n) is 3.95. The van der Waals surface area contributed by atoms with Crippen molar-refractivity contribution >= 4 is 32.9 Å². The lowest BCUT2D eigenvalue weighted by molar-refractivity contribution is 0.582. The van der Waals surface area contributed by atoms with E-state index in [1.165, 1.54) is 12.1 Å².